The summed E-state index contributed by atoms with van der Waals surface area (Å²) < 4.78 is 0. The molecule has 17 heavy (non-hydrogen) atoms. The SMILES string of the molecule is CCN=C(NN)NC1CC(C)(C)CC(C)(C)C1. The molecule has 0 bridgehead atoms. The first-order chi connectivity index (χ1) is 7.78. The second kappa shape index (κ2) is 5.25. The Kier molecular flexibility index (Phi) is 4.42. The Labute approximate surface area is 105 Å². The van der Waals surface area contributed by atoms with Crippen LogP contribution in [0.15, 0.2) is 4.99 Å². The van der Waals surface area contributed by atoms with Crippen LogP contribution in [0.2, 0.25) is 0 Å². The van der Waals surface area contributed by atoms with Gasteiger partial charge in [0.05, 0.1) is 0 Å². The van der Waals surface area contributed by atoms with E-state index in [2.05, 4.69) is 43.4 Å². The van der Waals surface area contributed by atoms with Gasteiger partial charge in [0.15, 0.2) is 0 Å². The number of nitrogens with two attached hydrogens (primary N) is 1. The molecule has 4 heteroatoms. The van der Waals surface area contributed by atoms with Crippen molar-refractivity contribution < 1.29 is 0 Å². The predicted molar refractivity (Wildman–Crippen MR) is 73.6 cm³/mol. The lowest BCUT2D eigenvalue weighted by Gasteiger charge is -2.45. The third-order valence-corrected chi connectivity index (χ3v) is 3.35. The van der Waals surface area contributed by atoms with Crippen molar-refractivity contribution in [3.63, 3.8) is 0 Å². The second-order valence-electron chi connectivity index (χ2n) is 6.72. The van der Waals surface area contributed by atoms with Crippen LogP contribution in [0.5, 0.6) is 0 Å². The molecule has 100 valence electrons. The minimum Gasteiger partial charge on any atom is -0.353 e. The molecular formula is C13H28N4. The van der Waals surface area contributed by atoms with Crippen LogP contribution in [0, 0.1) is 10.8 Å². The molecule has 1 fully saturated rings. The Morgan fingerprint density at radius 3 is 2.18 bits per heavy atom. The van der Waals surface area contributed by atoms with Crippen LogP contribution in [-0.2, 0) is 0 Å². The summed E-state index contributed by atoms with van der Waals surface area (Å²) in [5.41, 5.74) is 3.40. The maximum absolute atomic E-state index is 5.47. The number of hydrogen-bond donors (Lipinski definition) is 3. The highest BCUT2D eigenvalue weighted by molar-refractivity contribution is 5.79. The van der Waals surface area contributed by atoms with Crippen LogP contribution >= 0.6 is 0 Å². The zero-order chi connectivity index (χ0) is 13.1. The summed E-state index contributed by atoms with van der Waals surface area (Å²) in [4.78, 5) is 4.30. The van der Waals surface area contributed by atoms with E-state index in [4.69, 9.17) is 5.84 Å². The van der Waals surface area contributed by atoms with Gasteiger partial charge in [-0.2, -0.15) is 0 Å². The van der Waals surface area contributed by atoms with Crippen LogP contribution in [0.25, 0.3) is 0 Å². The lowest BCUT2D eigenvalue weighted by atomic mass is 9.63. The smallest absolute Gasteiger partial charge is 0.205 e. The molecule has 1 aliphatic carbocycles. The quantitative estimate of drug-likeness (QED) is 0.299. The number of aliphatic imine (C=N–C) groups is 1. The maximum Gasteiger partial charge on any atom is 0.205 e. The Morgan fingerprint density at radius 2 is 1.76 bits per heavy atom. The summed E-state index contributed by atoms with van der Waals surface area (Å²) >= 11 is 0. The molecule has 1 saturated carbocycles. The van der Waals surface area contributed by atoms with E-state index >= 15 is 0 Å². The first kappa shape index (κ1) is 14.3. The molecule has 0 aromatic carbocycles. The lowest BCUT2D eigenvalue weighted by Crippen LogP contribution is -2.51. The number of hydrogen-bond acceptors (Lipinski definition) is 2. The van der Waals surface area contributed by atoms with E-state index in [0.717, 1.165) is 6.54 Å². The van der Waals surface area contributed by atoms with Crippen LogP contribution in [-0.4, -0.2) is 18.5 Å². The van der Waals surface area contributed by atoms with Crippen molar-refractivity contribution >= 4 is 5.96 Å². The van der Waals surface area contributed by atoms with Gasteiger partial charge in [0.25, 0.3) is 0 Å². The topological polar surface area (TPSA) is 62.4 Å². The fourth-order valence-electron chi connectivity index (χ4n) is 3.43. The molecular weight excluding hydrogens is 212 g/mol. The fourth-order valence-corrected chi connectivity index (χ4v) is 3.43. The molecule has 0 aliphatic heterocycles. The zero-order valence-corrected chi connectivity index (χ0v) is 11.9. The highest BCUT2D eigenvalue weighted by Crippen LogP contribution is 2.45. The zero-order valence-electron chi connectivity index (χ0n) is 11.9. The molecule has 0 atom stereocenters. The van der Waals surface area contributed by atoms with Gasteiger partial charge in [0, 0.05) is 12.6 Å². The van der Waals surface area contributed by atoms with E-state index in [1.807, 2.05) is 6.92 Å². The Morgan fingerprint density at radius 1 is 1.24 bits per heavy atom. The molecule has 1 rings (SSSR count). The third-order valence-electron chi connectivity index (χ3n) is 3.35. The molecule has 0 saturated heterocycles. The Hall–Kier alpha value is -0.770. The number of guanidine groups is 1. The van der Waals surface area contributed by atoms with Crippen LogP contribution < -0.4 is 16.6 Å². The average Bonchev–Trinajstić information content (AvgIpc) is 2.11. The second-order valence-corrected chi connectivity index (χ2v) is 6.72. The summed E-state index contributed by atoms with van der Waals surface area (Å²) in [6.45, 7) is 12.1. The minimum atomic E-state index is 0.380. The van der Waals surface area contributed by atoms with Crippen LogP contribution in [0.1, 0.15) is 53.9 Å². The standard InChI is InChI=1S/C13H28N4/c1-6-15-11(17-14)16-10-7-12(2,3)9-13(4,5)8-10/h10H,6-9,14H2,1-5H3,(H2,15,16,17). The van der Waals surface area contributed by atoms with Gasteiger partial charge in [-0.3, -0.25) is 10.4 Å². The van der Waals surface area contributed by atoms with E-state index in [9.17, 15) is 0 Å². The molecule has 4 N–H and O–H groups in total. The first-order valence-corrected chi connectivity index (χ1v) is 6.56. The molecule has 0 unspecified atom stereocenters. The van der Waals surface area contributed by atoms with Crippen molar-refractivity contribution in [1.29, 1.82) is 0 Å². The van der Waals surface area contributed by atoms with Crippen LogP contribution in [0.4, 0.5) is 0 Å². The number of nitrogens with zero attached hydrogens (tertiary/aromatic N) is 1. The Balaban J connectivity index is 2.68. The predicted octanol–water partition coefficient (Wildman–Crippen LogP) is 2.02. The van der Waals surface area contributed by atoms with E-state index < -0.39 is 0 Å². The molecule has 1 aliphatic rings. The van der Waals surface area contributed by atoms with Gasteiger partial charge in [-0.05, 0) is 37.0 Å². The number of hydrazine groups is 1. The van der Waals surface area contributed by atoms with Crippen LogP contribution in [0.3, 0.4) is 0 Å². The molecule has 0 aromatic rings. The lowest BCUT2D eigenvalue weighted by molar-refractivity contribution is 0.0918. The first-order valence-electron chi connectivity index (χ1n) is 6.56. The number of nitrogens with one attached hydrogen (secondary N) is 2. The van der Waals surface area contributed by atoms with Crippen molar-refractivity contribution in [3.8, 4) is 0 Å². The van der Waals surface area contributed by atoms with Gasteiger partial charge in [-0.15, -0.1) is 0 Å². The molecule has 0 aromatic heterocycles. The summed E-state index contributed by atoms with van der Waals surface area (Å²) in [5.74, 6) is 6.18. The van der Waals surface area contributed by atoms with E-state index in [-0.39, 0.29) is 0 Å². The normalized spacial score (nSPS) is 24.5. The largest absolute Gasteiger partial charge is 0.353 e. The third kappa shape index (κ3) is 4.54. The summed E-state index contributed by atoms with van der Waals surface area (Å²) in [5, 5.41) is 3.43. The van der Waals surface area contributed by atoms with Crippen molar-refractivity contribution in [1.82, 2.24) is 10.7 Å². The van der Waals surface area contributed by atoms with Crippen molar-refractivity contribution in [2.45, 2.75) is 59.9 Å². The van der Waals surface area contributed by atoms with Crippen molar-refractivity contribution in [3.05, 3.63) is 0 Å². The maximum atomic E-state index is 5.47. The molecule has 0 radical (unpaired) electrons. The minimum absolute atomic E-state index is 0.380. The molecule has 0 heterocycles. The molecule has 4 nitrogen and oxygen atoms in total. The molecule has 0 amide bonds. The fraction of sp³-hybridized carbons (Fsp3) is 0.923. The van der Waals surface area contributed by atoms with E-state index in [1.165, 1.54) is 19.3 Å². The van der Waals surface area contributed by atoms with Gasteiger partial charge in [0.2, 0.25) is 5.96 Å². The summed E-state index contributed by atoms with van der Waals surface area (Å²) in [6, 6.07) is 0.454. The monoisotopic (exact) mass is 240 g/mol. The average molecular weight is 240 g/mol. The van der Waals surface area contributed by atoms with Crippen molar-refractivity contribution in [2.75, 3.05) is 6.54 Å². The van der Waals surface area contributed by atoms with Crippen molar-refractivity contribution in [2.24, 2.45) is 21.7 Å². The van der Waals surface area contributed by atoms with Gasteiger partial charge in [-0.25, -0.2) is 5.84 Å². The van der Waals surface area contributed by atoms with Gasteiger partial charge in [-0.1, -0.05) is 27.7 Å². The highest BCUT2D eigenvalue weighted by atomic mass is 15.3. The van der Waals surface area contributed by atoms with Gasteiger partial charge in [0.1, 0.15) is 0 Å². The van der Waals surface area contributed by atoms with E-state index in [0.29, 0.717) is 22.8 Å². The van der Waals surface area contributed by atoms with Gasteiger partial charge >= 0.3 is 0 Å². The summed E-state index contributed by atoms with van der Waals surface area (Å²) in [7, 11) is 0. The Bertz CT molecular complexity index is 265. The summed E-state index contributed by atoms with van der Waals surface area (Å²) in [6.07, 6.45) is 3.61. The number of rotatable bonds is 2. The highest BCUT2D eigenvalue weighted by Gasteiger charge is 2.38. The molecule has 0 spiro atoms. The van der Waals surface area contributed by atoms with Gasteiger partial charge < -0.3 is 5.32 Å². The van der Waals surface area contributed by atoms with E-state index in [1.54, 1.807) is 0 Å².